The molecule has 2 aromatic heterocycles. The Labute approximate surface area is 224 Å². The Hall–Kier alpha value is -3.90. The molecule has 4 aromatic rings. The van der Waals surface area contributed by atoms with Gasteiger partial charge in [-0.2, -0.15) is 5.10 Å². The molecule has 2 aromatic carbocycles. The molecule has 0 atom stereocenters. The molecule has 204 valence electrons. The number of nitrogens with one attached hydrogen (secondary N) is 1. The molecule has 0 radical (unpaired) electrons. The molecule has 0 unspecified atom stereocenters. The number of halogens is 3. The number of hydrogen-bond acceptors (Lipinski definition) is 6. The lowest BCUT2D eigenvalue weighted by molar-refractivity contribution is 0.0663. The zero-order valence-corrected chi connectivity index (χ0v) is 22.1. The van der Waals surface area contributed by atoms with Crippen LogP contribution < -0.4 is 9.62 Å². The first-order valence-corrected chi connectivity index (χ1v) is 13.7. The number of aromatic nitrogens is 3. The number of benzene rings is 2. The van der Waals surface area contributed by atoms with Gasteiger partial charge >= 0.3 is 0 Å². The Morgan fingerprint density at radius 1 is 1.03 bits per heavy atom. The maximum absolute atomic E-state index is 16.0. The Balaban J connectivity index is 1.60. The van der Waals surface area contributed by atoms with E-state index in [0.29, 0.717) is 42.4 Å². The first-order valence-electron chi connectivity index (χ1n) is 12.2. The lowest BCUT2D eigenvalue weighted by Crippen LogP contribution is -2.20. The molecule has 3 heterocycles. The SMILES string of the molecule is CN(C)c1cc(-c2cn(C3CCOCC3)nc2-c2cccc(NS(=O)(=O)c3cc(F)ccc3F)c2F)ccn1. The predicted molar refractivity (Wildman–Crippen MR) is 141 cm³/mol. The predicted octanol–water partition coefficient (Wildman–Crippen LogP) is 5.25. The molecule has 39 heavy (non-hydrogen) atoms. The third-order valence-corrected chi connectivity index (χ3v) is 7.87. The Morgan fingerprint density at radius 3 is 2.54 bits per heavy atom. The molecule has 0 aliphatic carbocycles. The van der Waals surface area contributed by atoms with Crippen molar-refractivity contribution in [3.63, 3.8) is 0 Å². The van der Waals surface area contributed by atoms with Gasteiger partial charge < -0.3 is 9.64 Å². The number of rotatable bonds is 7. The lowest BCUT2D eigenvalue weighted by Gasteiger charge is -2.22. The zero-order chi connectivity index (χ0) is 27.7. The molecule has 1 saturated heterocycles. The topological polar surface area (TPSA) is 89.4 Å². The van der Waals surface area contributed by atoms with E-state index in [9.17, 15) is 17.2 Å². The second-order valence-electron chi connectivity index (χ2n) is 9.36. The van der Waals surface area contributed by atoms with Crippen LogP contribution in [0.4, 0.5) is 24.7 Å². The highest BCUT2D eigenvalue weighted by molar-refractivity contribution is 7.92. The second kappa shape index (κ2) is 10.7. The minimum atomic E-state index is -4.64. The average molecular weight is 558 g/mol. The number of anilines is 2. The Kier molecular flexibility index (Phi) is 7.32. The summed E-state index contributed by atoms with van der Waals surface area (Å²) in [6.07, 6.45) is 4.97. The largest absolute Gasteiger partial charge is 0.381 e. The zero-order valence-electron chi connectivity index (χ0n) is 21.2. The fraction of sp³-hybridized carbons (Fsp3) is 0.259. The van der Waals surface area contributed by atoms with E-state index in [1.165, 1.54) is 18.2 Å². The highest BCUT2D eigenvalue weighted by atomic mass is 32.2. The molecule has 0 spiro atoms. The summed E-state index contributed by atoms with van der Waals surface area (Å²) in [5.41, 5.74) is 1.29. The van der Waals surface area contributed by atoms with Crippen molar-refractivity contribution in [3.8, 4) is 22.4 Å². The van der Waals surface area contributed by atoms with E-state index in [4.69, 9.17) is 9.84 Å². The number of sulfonamides is 1. The normalized spacial score (nSPS) is 14.4. The van der Waals surface area contributed by atoms with Gasteiger partial charge in [0.15, 0.2) is 5.82 Å². The molecular formula is C27H26F3N5O3S. The maximum Gasteiger partial charge on any atom is 0.265 e. The molecule has 1 aliphatic heterocycles. The molecule has 8 nitrogen and oxygen atoms in total. The van der Waals surface area contributed by atoms with Crippen LogP contribution in [0.5, 0.6) is 0 Å². The number of pyridine rings is 1. The van der Waals surface area contributed by atoms with Crippen LogP contribution in [0.1, 0.15) is 18.9 Å². The Morgan fingerprint density at radius 2 is 1.79 bits per heavy atom. The van der Waals surface area contributed by atoms with E-state index >= 15 is 4.39 Å². The fourth-order valence-electron chi connectivity index (χ4n) is 4.45. The van der Waals surface area contributed by atoms with Crippen LogP contribution >= 0.6 is 0 Å². The molecule has 12 heteroatoms. The molecule has 0 amide bonds. The highest BCUT2D eigenvalue weighted by Crippen LogP contribution is 2.37. The van der Waals surface area contributed by atoms with Crippen molar-refractivity contribution < 1.29 is 26.3 Å². The van der Waals surface area contributed by atoms with Crippen molar-refractivity contribution in [3.05, 3.63) is 78.4 Å². The average Bonchev–Trinajstić information content (AvgIpc) is 3.37. The summed E-state index contributed by atoms with van der Waals surface area (Å²) in [5.74, 6) is -2.31. The monoisotopic (exact) mass is 557 g/mol. The minimum absolute atomic E-state index is 0.0407. The van der Waals surface area contributed by atoms with Crippen molar-refractivity contribution in [2.45, 2.75) is 23.8 Å². The highest BCUT2D eigenvalue weighted by Gasteiger charge is 2.26. The van der Waals surface area contributed by atoms with Gasteiger partial charge in [0.25, 0.3) is 10.0 Å². The van der Waals surface area contributed by atoms with Gasteiger partial charge in [-0.1, -0.05) is 6.07 Å². The van der Waals surface area contributed by atoms with Crippen LogP contribution in [0.3, 0.4) is 0 Å². The van der Waals surface area contributed by atoms with Crippen molar-refractivity contribution >= 4 is 21.5 Å². The smallest absolute Gasteiger partial charge is 0.265 e. The number of hydrogen-bond donors (Lipinski definition) is 1. The molecule has 0 bridgehead atoms. The molecule has 5 rings (SSSR count). The van der Waals surface area contributed by atoms with Gasteiger partial charge in [0.1, 0.15) is 28.0 Å². The summed E-state index contributed by atoms with van der Waals surface area (Å²) in [5, 5.41) is 4.74. The first kappa shape index (κ1) is 26.7. The van der Waals surface area contributed by atoms with Crippen molar-refractivity contribution in [2.75, 3.05) is 36.9 Å². The molecular weight excluding hydrogens is 531 g/mol. The van der Waals surface area contributed by atoms with Crippen LogP contribution in [0.15, 0.2) is 65.8 Å². The number of ether oxygens (including phenoxy) is 1. The Bertz CT molecular complexity index is 1620. The van der Waals surface area contributed by atoms with Crippen LogP contribution in [-0.4, -0.2) is 50.5 Å². The van der Waals surface area contributed by atoms with Gasteiger partial charge in [-0.15, -0.1) is 0 Å². The molecule has 1 aliphatic rings. The lowest BCUT2D eigenvalue weighted by atomic mass is 10.0. The van der Waals surface area contributed by atoms with Gasteiger partial charge in [0.2, 0.25) is 0 Å². The van der Waals surface area contributed by atoms with Gasteiger partial charge in [-0.25, -0.2) is 26.6 Å². The van der Waals surface area contributed by atoms with Gasteiger partial charge in [-0.3, -0.25) is 9.40 Å². The van der Waals surface area contributed by atoms with Crippen LogP contribution in [0, 0.1) is 17.5 Å². The summed E-state index contributed by atoms with van der Waals surface area (Å²) in [4.78, 5) is 5.27. The molecule has 1 N–H and O–H groups in total. The van der Waals surface area contributed by atoms with Gasteiger partial charge in [0, 0.05) is 50.8 Å². The second-order valence-corrected chi connectivity index (χ2v) is 11.0. The van der Waals surface area contributed by atoms with E-state index in [0.717, 1.165) is 24.5 Å². The summed E-state index contributed by atoms with van der Waals surface area (Å²) < 4.78 is 78.8. The maximum atomic E-state index is 16.0. The van der Waals surface area contributed by atoms with Crippen molar-refractivity contribution in [1.29, 1.82) is 0 Å². The van der Waals surface area contributed by atoms with E-state index in [-0.39, 0.29) is 11.6 Å². The summed E-state index contributed by atoms with van der Waals surface area (Å²) in [6.45, 7) is 1.16. The van der Waals surface area contributed by atoms with E-state index in [2.05, 4.69) is 9.71 Å². The van der Waals surface area contributed by atoms with Crippen molar-refractivity contribution in [2.24, 2.45) is 0 Å². The minimum Gasteiger partial charge on any atom is -0.381 e. The van der Waals surface area contributed by atoms with Crippen molar-refractivity contribution in [1.82, 2.24) is 14.8 Å². The number of nitrogens with zero attached hydrogens (tertiary/aromatic N) is 4. The van der Waals surface area contributed by atoms with Crippen LogP contribution in [0.2, 0.25) is 0 Å². The van der Waals surface area contributed by atoms with Gasteiger partial charge in [-0.05, 0) is 60.9 Å². The molecule has 0 saturated carbocycles. The van der Waals surface area contributed by atoms with Gasteiger partial charge in [0.05, 0.1) is 11.7 Å². The standard InChI is InChI=1S/C27H26F3N5O3S/c1-34(2)25-14-17(8-11-31-25)21-16-35(19-9-12-38-13-10-19)32-27(21)20-4-3-5-23(26(20)30)33-39(36,37)24-15-18(28)6-7-22(24)29/h3-8,11,14-16,19,33H,9-10,12-13H2,1-2H3. The summed E-state index contributed by atoms with van der Waals surface area (Å²) in [7, 11) is -0.923. The third-order valence-electron chi connectivity index (χ3n) is 6.49. The third kappa shape index (κ3) is 5.48. The quantitative estimate of drug-likeness (QED) is 0.334. The van der Waals surface area contributed by atoms with E-state index < -0.39 is 38.1 Å². The van der Waals surface area contributed by atoms with E-state index in [1.54, 1.807) is 16.9 Å². The fourth-order valence-corrected chi connectivity index (χ4v) is 5.60. The summed E-state index contributed by atoms with van der Waals surface area (Å²) >= 11 is 0. The van der Waals surface area contributed by atoms with Crippen LogP contribution in [-0.2, 0) is 14.8 Å². The van der Waals surface area contributed by atoms with Crippen LogP contribution in [0.25, 0.3) is 22.4 Å². The molecule has 1 fully saturated rings. The summed E-state index contributed by atoms with van der Waals surface area (Å²) in [6, 6.07) is 9.89. The van der Waals surface area contributed by atoms with E-state index in [1.807, 2.05) is 31.3 Å². The first-order chi connectivity index (χ1) is 18.6.